The van der Waals surface area contributed by atoms with Gasteiger partial charge in [0.05, 0.1) is 17.5 Å². The standard InChI is InChI=1S/C11H12F3N5/c12-11(13,14)7-1-3-19(4-2-7)10-8-5-17-18-9(8)15-6-16-10/h5-7H,1-4H2,(H,15,16,17,18). The molecule has 2 aromatic rings. The highest BCUT2D eigenvalue weighted by atomic mass is 19.4. The van der Waals surface area contributed by atoms with Crippen LogP contribution in [0.4, 0.5) is 19.0 Å². The smallest absolute Gasteiger partial charge is 0.356 e. The molecule has 0 aromatic carbocycles. The van der Waals surface area contributed by atoms with E-state index in [1.165, 1.54) is 6.33 Å². The summed E-state index contributed by atoms with van der Waals surface area (Å²) in [6.07, 6.45) is -0.894. The summed E-state index contributed by atoms with van der Waals surface area (Å²) >= 11 is 0. The number of nitrogens with one attached hydrogen (secondary N) is 1. The van der Waals surface area contributed by atoms with Gasteiger partial charge in [-0.1, -0.05) is 0 Å². The average molecular weight is 271 g/mol. The number of aromatic amines is 1. The Morgan fingerprint density at radius 1 is 1.21 bits per heavy atom. The van der Waals surface area contributed by atoms with Crippen LogP contribution >= 0.6 is 0 Å². The fourth-order valence-electron chi connectivity index (χ4n) is 2.42. The Morgan fingerprint density at radius 2 is 1.95 bits per heavy atom. The Bertz CT molecular complexity index is 571. The van der Waals surface area contributed by atoms with E-state index in [4.69, 9.17) is 0 Å². The second kappa shape index (κ2) is 4.36. The van der Waals surface area contributed by atoms with Gasteiger partial charge in [-0.3, -0.25) is 5.10 Å². The highest BCUT2D eigenvalue weighted by molar-refractivity contribution is 5.86. The van der Waals surface area contributed by atoms with Crippen molar-refractivity contribution < 1.29 is 13.2 Å². The molecule has 0 unspecified atom stereocenters. The van der Waals surface area contributed by atoms with Crippen molar-refractivity contribution in [3.8, 4) is 0 Å². The molecule has 3 heterocycles. The van der Waals surface area contributed by atoms with Crippen LogP contribution in [-0.2, 0) is 0 Å². The lowest BCUT2D eigenvalue weighted by Gasteiger charge is -2.33. The van der Waals surface area contributed by atoms with Crippen LogP contribution in [0.2, 0.25) is 0 Å². The van der Waals surface area contributed by atoms with Gasteiger partial charge in [-0.15, -0.1) is 0 Å². The van der Waals surface area contributed by atoms with Crippen LogP contribution in [0.15, 0.2) is 12.5 Å². The van der Waals surface area contributed by atoms with E-state index in [-0.39, 0.29) is 12.8 Å². The van der Waals surface area contributed by atoms with E-state index in [2.05, 4.69) is 20.2 Å². The number of alkyl halides is 3. The van der Waals surface area contributed by atoms with E-state index < -0.39 is 12.1 Å². The van der Waals surface area contributed by atoms with Crippen LogP contribution < -0.4 is 4.90 Å². The molecule has 8 heteroatoms. The van der Waals surface area contributed by atoms with Gasteiger partial charge in [0.15, 0.2) is 5.65 Å². The maximum Gasteiger partial charge on any atom is 0.391 e. The third-order valence-electron chi connectivity index (χ3n) is 3.48. The normalized spacial score (nSPS) is 18.2. The van der Waals surface area contributed by atoms with Gasteiger partial charge in [-0.2, -0.15) is 18.3 Å². The summed E-state index contributed by atoms with van der Waals surface area (Å²) in [5.74, 6) is -0.551. The quantitative estimate of drug-likeness (QED) is 0.863. The van der Waals surface area contributed by atoms with E-state index in [0.717, 1.165) is 5.39 Å². The molecule has 19 heavy (non-hydrogen) atoms. The van der Waals surface area contributed by atoms with Crippen molar-refractivity contribution in [2.75, 3.05) is 18.0 Å². The number of anilines is 1. The molecule has 1 aliphatic heterocycles. The number of rotatable bonds is 1. The molecule has 0 amide bonds. The first-order valence-electron chi connectivity index (χ1n) is 6.01. The number of hydrogen-bond donors (Lipinski definition) is 1. The summed E-state index contributed by atoms with van der Waals surface area (Å²) in [5, 5.41) is 7.34. The van der Waals surface area contributed by atoms with Crippen molar-refractivity contribution >= 4 is 16.9 Å². The molecule has 1 aliphatic rings. The molecular formula is C11H12F3N5. The Kier molecular flexibility index (Phi) is 2.79. The topological polar surface area (TPSA) is 57.7 Å². The molecule has 102 valence electrons. The summed E-state index contributed by atoms with van der Waals surface area (Å²) in [7, 11) is 0. The zero-order valence-electron chi connectivity index (χ0n) is 9.98. The molecule has 1 fully saturated rings. The van der Waals surface area contributed by atoms with Crippen LogP contribution in [0, 0.1) is 5.92 Å². The third-order valence-corrected chi connectivity index (χ3v) is 3.48. The molecule has 2 aromatic heterocycles. The first-order chi connectivity index (χ1) is 9.05. The fraction of sp³-hybridized carbons (Fsp3) is 0.545. The van der Waals surface area contributed by atoms with Crippen molar-refractivity contribution in [2.24, 2.45) is 5.92 Å². The van der Waals surface area contributed by atoms with E-state index in [0.29, 0.717) is 24.6 Å². The van der Waals surface area contributed by atoms with Gasteiger partial charge in [0.25, 0.3) is 0 Å². The van der Waals surface area contributed by atoms with E-state index in [9.17, 15) is 13.2 Å². The molecule has 1 saturated heterocycles. The zero-order valence-corrected chi connectivity index (χ0v) is 9.98. The number of H-pyrrole nitrogens is 1. The molecule has 0 bridgehead atoms. The second-order valence-electron chi connectivity index (χ2n) is 4.63. The minimum Gasteiger partial charge on any atom is -0.356 e. The highest BCUT2D eigenvalue weighted by Crippen LogP contribution is 2.35. The van der Waals surface area contributed by atoms with Gasteiger partial charge >= 0.3 is 6.18 Å². The number of fused-ring (bicyclic) bond motifs is 1. The number of hydrogen-bond acceptors (Lipinski definition) is 4. The molecular weight excluding hydrogens is 259 g/mol. The minimum absolute atomic E-state index is 0.104. The maximum atomic E-state index is 12.6. The van der Waals surface area contributed by atoms with Crippen LogP contribution in [0.25, 0.3) is 11.0 Å². The number of nitrogens with zero attached hydrogens (tertiary/aromatic N) is 4. The largest absolute Gasteiger partial charge is 0.391 e. The lowest BCUT2D eigenvalue weighted by atomic mass is 9.96. The Hall–Kier alpha value is -1.86. The van der Waals surface area contributed by atoms with E-state index >= 15 is 0 Å². The molecule has 0 atom stereocenters. The van der Waals surface area contributed by atoms with Gasteiger partial charge < -0.3 is 4.90 Å². The summed E-state index contributed by atoms with van der Waals surface area (Å²) in [6.45, 7) is 0.697. The van der Waals surface area contributed by atoms with Crippen LogP contribution in [0.1, 0.15) is 12.8 Å². The predicted molar refractivity (Wildman–Crippen MR) is 62.7 cm³/mol. The summed E-state index contributed by atoms with van der Waals surface area (Å²) in [4.78, 5) is 10.0. The first-order valence-corrected chi connectivity index (χ1v) is 6.01. The van der Waals surface area contributed by atoms with Crippen LogP contribution in [0.3, 0.4) is 0 Å². The lowest BCUT2D eigenvalue weighted by molar-refractivity contribution is -0.179. The third kappa shape index (κ3) is 2.22. The molecule has 0 saturated carbocycles. The Balaban J connectivity index is 1.80. The molecule has 0 aliphatic carbocycles. The molecule has 1 N–H and O–H groups in total. The number of aromatic nitrogens is 4. The highest BCUT2D eigenvalue weighted by Gasteiger charge is 2.41. The average Bonchev–Trinajstić information content (AvgIpc) is 2.86. The summed E-state index contributed by atoms with van der Waals surface area (Å²) in [6, 6.07) is 0. The van der Waals surface area contributed by atoms with E-state index in [1.807, 2.05) is 4.90 Å². The van der Waals surface area contributed by atoms with Gasteiger partial charge in [-0.25, -0.2) is 9.97 Å². The Morgan fingerprint density at radius 3 is 2.63 bits per heavy atom. The molecule has 0 radical (unpaired) electrons. The van der Waals surface area contributed by atoms with Crippen molar-refractivity contribution in [1.82, 2.24) is 20.2 Å². The second-order valence-corrected chi connectivity index (χ2v) is 4.63. The van der Waals surface area contributed by atoms with Crippen molar-refractivity contribution in [1.29, 1.82) is 0 Å². The van der Waals surface area contributed by atoms with Gasteiger partial charge in [0, 0.05) is 13.1 Å². The minimum atomic E-state index is -4.09. The summed E-state index contributed by atoms with van der Waals surface area (Å²) < 4.78 is 37.8. The monoisotopic (exact) mass is 271 g/mol. The van der Waals surface area contributed by atoms with Gasteiger partial charge in [-0.05, 0) is 12.8 Å². The van der Waals surface area contributed by atoms with Gasteiger partial charge in [0.1, 0.15) is 12.1 Å². The van der Waals surface area contributed by atoms with E-state index in [1.54, 1.807) is 6.20 Å². The van der Waals surface area contributed by atoms with Crippen molar-refractivity contribution in [3.63, 3.8) is 0 Å². The molecule has 5 nitrogen and oxygen atoms in total. The Labute approximate surface area is 106 Å². The molecule has 0 spiro atoms. The van der Waals surface area contributed by atoms with Gasteiger partial charge in [0.2, 0.25) is 0 Å². The maximum absolute atomic E-state index is 12.6. The van der Waals surface area contributed by atoms with Crippen molar-refractivity contribution in [2.45, 2.75) is 19.0 Å². The van der Waals surface area contributed by atoms with Crippen LogP contribution in [0.5, 0.6) is 0 Å². The number of piperidine rings is 1. The SMILES string of the molecule is FC(F)(F)C1CCN(c2ncnc3[nH]ncc23)CC1. The molecule has 3 rings (SSSR count). The lowest BCUT2D eigenvalue weighted by Crippen LogP contribution is -2.39. The predicted octanol–water partition coefficient (Wildman–Crippen LogP) is 2.13. The van der Waals surface area contributed by atoms with Crippen molar-refractivity contribution in [3.05, 3.63) is 12.5 Å². The zero-order chi connectivity index (χ0) is 13.5. The van der Waals surface area contributed by atoms with Crippen LogP contribution in [-0.4, -0.2) is 39.4 Å². The fourth-order valence-corrected chi connectivity index (χ4v) is 2.42. The first kappa shape index (κ1) is 12.2. The summed E-state index contributed by atoms with van der Waals surface area (Å²) in [5.41, 5.74) is 0.600. The number of halogens is 3.